The Morgan fingerprint density at radius 3 is 2.59 bits per heavy atom. The van der Waals surface area contributed by atoms with Gasteiger partial charge in [-0.25, -0.2) is 17.6 Å². The lowest BCUT2D eigenvalue weighted by Crippen LogP contribution is -2.33. The van der Waals surface area contributed by atoms with Gasteiger partial charge < -0.3 is 5.11 Å². The molecule has 29 heavy (non-hydrogen) atoms. The van der Waals surface area contributed by atoms with E-state index in [0.717, 1.165) is 12.0 Å². The summed E-state index contributed by atoms with van der Waals surface area (Å²) in [4.78, 5) is 16.2. The highest BCUT2D eigenvalue weighted by Gasteiger charge is 2.35. The Kier molecular flexibility index (Phi) is 6.64. The Bertz CT molecular complexity index is 977. The quantitative estimate of drug-likeness (QED) is 0.705. The van der Waals surface area contributed by atoms with Crippen LogP contribution >= 0.6 is 0 Å². The standard InChI is InChI=1S/C21H25FN2O4S/c1-2-14-29(27,28)24-13-3-4-20(24)19-12-10-17(21(25)26)18(23-19)11-7-15-5-8-16(22)9-6-15/h5-6,8-10,12,20H,2-4,7,11,13-14H2,1H3,(H,25,26)/t20-/m1/s1. The molecule has 1 fully saturated rings. The number of sulfonamides is 1. The Morgan fingerprint density at radius 2 is 1.93 bits per heavy atom. The van der Waals surface area contributed by atoms with E-state index in [0.29, 0.717) is 43.6 Å². The third-order valence-corrected chi connectivity index (χ3v) is 7.23. The lowest BCUT2D eigenvalue weighted by Gasteiger charge is -2.24. The Labute approximate surface area is 170 Å². The van der Waals surface area contributed by atoms with Crippen LogP contribution in [-0.2, 0) is 22.9 Å². The second kappa shape index (κ2) is 9.00. The minimum Gasteiger partial charge on any atom is -0.478 e. The van der Waals surface area contributed by atoms with Gasteiger partial charge in [0.25, 0.3) is 0 Å². The van der Waals surface area contributed by atoms with Crippen molar-refractivity contribution in [3.8, 4) is 0 Å². The van der Waals surface area contributed by atoms with Crippen LogP contribution in [0.1, 0.15) is 59.5 Å². The van der Waals surface area contributed by atoms with Gasteiger partial charge in [0, 0.05) is 6.54 Å². The van der Waals surface area contributed by atoms with Gasteiger partial charge in [0.15, 0.2) is 0 Å². The normalized spacial score (nSPS) is 17.5. The number of aromatic nitrogens is 1. The number of carboxylic acid groups (broad SMARTS) is 1. The van der Waals surface area contributed by atoms with Crippen molar-refractivity contribution in [1.29, 1.82) is 0 Å². The minimum atomic E-state index is -3.36. The van der Waals surface area contributed by atoms with Crippen molar-refractivity contribution >= 4 is 16.0 Å². The van der Waals surface area contributed by atoms with Crippen molar-refractivity contribution in [1.82, 2.24) is 9.29 Å². The summed E-state index contributed by atoms with van der Waals surface area (Å²) in [6.07, 6.45) is 2.84. The molecule has 0 radical (unpaired) electrons. The molecule has 1 aromatic heterocycles. The van der Waals surface area contributed by atoms with Gasteiger partial charge >= 0.3 is 5.97 Å². The molecule has 0 saturated carbocycles. The first-order valence-corrected chi connectivity index (χ1v) is 11.4. The predicted molar refractivity (Wildman–Crippen MR) is 108 cm³/mol. The number of benzene rings is 1. The third kappa shape index (κ3) is 5.00. The number of pyridine rings is 1. The van der Waals surface area contributed by atoms with Gasteiger partial charge in [-0.15, -0.1) is 0 Å². The Hall–Kier alpha value is -2.32. The number of carbonyl (C=O) groups is 1. The first kappa shape index (κ1) is 21.4. The van der Waals surface area contributed by atoms with Crippen LogP contribution in [0.4, 0.5) is 4.39 Å². The van der Waals surface area contributed by atoms with E-state index in [9.17, 15) is 22.7 Å². The molecule has 156 valence electrons. The molecule has 3 rings (SSSR count). The van der Waals surface area contributed by atoms with Crippen molar-refractivity contribution in [2.45, 2.75) is 45.1 Å². The molecule has 1 aromatic carbocycles. The number of aromatic carboxylic acids is 1. The average molecular weight is 421 g/mol. The van der Waals surface area contributed by atoms with Crippen LogP contribution < -0.4 is 0 Å². The summed E-state index contributed by atoms with van der Waals surface area (Å²) in [5.74, 6) is -1.30. The lowest BCUT2D eigenvalue weighted by molar-refractivity contribution is 0.0695. The number of rotatable bonds is 8. The fraction of sp³-hybridized carbons (Fsp3) is 0.429. The van der Waals surface area contributed by atoms with Crippen LogP contribution in [0.25, 0.3) is 0 Å². The maximum atomic E-state index is 13.1. The molecule has 1 aliphatic heterocycles. The number of hydrogen-bond acceptors (Lipinski definition) is 4. The zero-order valence-electron chi connectivity index (χ0n) is 16.3. The molecule has 0 amide bonds. The van der Waals surface area contributed by atoms with Crippen LogP contribution in [0.2, 0.25) is 0 Å². The summed E-state index contributed by atoms with van der Waals surface area (Å²) < 4.78 is 39.8. The van der Waals surface area contributed by atoms with E-state index in [2.05, 4.69) is 4.98 Å². The van der Waals surface area contributed by atoms with Gasteiger partial charge in [0.1, 0.15) is 5.82 Å². The van der Waals surface area contributed by atoms with Crippen LogP contribution in [0.3, 0.4) is 0 Å². The second-order valence-electron chi connectivity index (χ2n) is 7.25. The Balaban J connectivity index is 1.87. The number of nitrogens with zero attached hydrogens (tertiary/aromatic N) is 2. The van der Waals surface area contributed by atoms with Crippen molar-refractivity contribution < 1.29 is 22.7 Å². The summed E-state index contributed by atoms with van der Waals surface area (Å²) in [5, 5.41) is 9.51. The molecule has 2 heterocycles. The molecule has 0 spiro atoms. The number of carboxylic acids is 1. The van der Waals surface area contributed by atoms with Gasteiger partial charge in [-0.1, -0.05) is 19.1 Å². The molecule has 0 unspecified atom stereocenters. The van der Waals surface area contributed by atoms with Crippen LogP contribution in [-0.4, -0.2) is 41.1 Å². The maximum absolute atomic E-state index is 13.1. The van der Waals surface area contributed by atoms with Crippen molar-refractivity contribution in [3.63, 3.8) is 0 Å². The van der Waals surface area contributed by atoms with Crippen molar-refractivity contribution in [2.24, 2.45) is 0 Å². The van der Waals surface area contributed by atoms with Gasteiger partial charge in [0.2, 0.25) is 10.0 Å². The van der Waals surface area contributed by atoms with Gasteiger partial charge in [-0.2, -0.15) is 4.31 Å². The van der Waals surface area contributed by atoms with E-state index in [1.165, 1.54) is 22.5 Å². The largest absolute Gasteiger partial charge is 0.478 e. The summed E-state index contributed by atoms with van der Waals surface area (Å²) in [6.45, 7) is 2.29. The van der Waals surface area contributed by atoms with E-state index >= 15 is 0 Å². The lowest BCUT2D eigenvalue weighted by atomic mass is 10.0. The molecule has 1 saturated heterocycles. The molecular formula is C21H25FN2O4S. The summed E-state index contributed by atoms with van der Waals surface area (Å²) in [7, 11) is -3.36. The predicted octanol–water partition coefficient (Wildman–Crippen LogP) is 3.58. The molecular weight excluding hydrogens is 395 g/mol. The van der Waals surface area contributed by atoms with E-state index in [4.69, 9.17) is 0 Å². The van der Waals surface area contributed by atoms with Gasteiger partial charge in [0.05, 0.1) is 28.7 Å². The van der Waals surface area contributed by atoms with Crippen LogP contribution in [0.15, 0.2) is 36.4 Å². The van der Waals surface area contributed by atoms with Gasteiger partial charge in [-0.3, -0.25) is 4.98 Å². The molecule has 0 aliphatic carbocycles. The SMILES string of the molecule is CCCS(=O)(=O)N1CCC[C@@H]1c1ccc(C(=O)O)c(CCc2ccc(F)cc2)n1. The molecule has 6 nitrogen and oxygen atoms in total. The van der Waals surface area contributed by atoms with E-state index in [1.54, 1.807) is 18.2 Å². The number of halogens is 1. The van der Waals surface area contributed by atoms with Crippen molar-refractivity contribution in [3.05, 3.63) is 64.7 Å². The smallest absolute Gasteiger partial charge is 0.337 e. The number of hydrogen-bond donors (Lipinski definition) is 1. The first-order valence-electron chi connectivity index (χ1n) is 9.79. The highest BCUT2D eigenvalue weighted by molar-refractivity contribution is 7.89. The van der Waals surface area contributed by atoms with E-state index in [-0.39, 0.29) is 23.2 Å². The zero-order valence-corrected chi connectivity index (χ0v) is 17.2. The molecule has 1 aliphatic rings. The highest BCUT2D eigenvalue weighted by Crippen LogP contribution is 2.34. The second-order valence-corrected chi connectivity index (χ2v) is 9.29. The summed E-state index contributed by atoms with van der Waals surface area (Å²) in [6, 6.07) is 8.83. The molecule has 0 bridgehead atoms. The van der Waals surface area contributed by atoms with Crippen LogP contribution in [0.5, 0.6) is 0 Å². The van der Waals surface area contributed by atoms with Crippen LogP contribution in [0, 0.1) is 5.82 Å². The fourth-order valence-corrected chi connectivity index (χ4v) is 5.51. The Morgan fingerprint density at radius 1 is 1.21 bits per heavy atom. The fourth-order valence-electron chi connectivity index (χ4n) is 3.75. The maximum Gasteiger partial charge on any atom is 0.337 e. The van der Waals surface area contributed by atoms with Crippen molar-refractivity contribution in [2.75, 3.05) is 12.3 Å². The highest BCUT2D eigenvalue weighted by atomic mass is 32.2. The molecule has 1 atom stereocenters. The van der Waals surface area contributed by atoms with E-state index < -0.39 is 16.0 Å². The minimum absolute atomic E-state index is 0.0914. The van der Waals surface area contributed by atoms with E-state index in [1.807, 2.05) is 6.92 Å². The molecule has 1 N–H and O–H groups in total. The topological polar surface area (TPSA) is 87.6 Å². The summed E-state index contributed by atoms with van der Waals surface area (Å²) >= 11 is 0. The zero-order chi connectivity index (χ0) is 21.0. The first-order chi connectivity index (χ1) is 13.8. The summed E-state index contributed by atoms with van der Waals surface area (Å²) in [5.41, 5.74) is 1.99. The molecule has 8 heteroatoms. The van der Waals surface area contributed by atoms with Gasteiger partial charge in [-0.05, 0) is 61.9 Å². The number of aryl methyl sites for hydroxylation is 2. The molecule has 2 aromatic rings. The third-order valence-electron chi connectivity index (χ3n) is 5.15. The monoisotopic (exact) mass is 420 g/mol. The average Bonchev–Trinajstić information content (AvgIpc) is 3.18.